The first kappa shape index (κ1) is 13.2. The molecule has 92 valence electrons. The van der Waals surface area contributed by atoms with Crippen molar-refractivity contribution in [2.24, 2.45) is 17.6 Å². The molecule has 0 radical (unpaired) electrons. The second-order valence-corrected chi connectivity index (χ2v) is 4.96. The maximum absolute atomic E-state index is 11.6. The summed E-state index contributed by atoms with van der Waals surface area (Å²) in [6.07, 6.45) is 5.27. The number of esters is 1. The van der Waals surface area contributed by atoms with Crippen LogP contribution >= 0.6 is 0 Å². The van der Waals surface area contributed by atoms with Gasteiger partial charge in [0.25, 0.3) is 0 Å². The topological polar surface area (TPSA) is 52.3 Å². The van der Waals surface area contributed by atoms with E-state index in [0.717, 1.165) is 25.2 Å². The van der Waals surface area contributed by atoms with Gasteiger partial charge < -0.3 is 10.5 Å². The molecule has 0 aromatic rings. The Balaban J connectivity index is 2.37. The van der Waals surface area contributed by atoms with E-state index in [-0.39, 0.29) is 12.1 Å². The minimum Gasteiger partial charge on any atom is -0.461 e. The fourth-order valence-electron chi connectivity index (χ4n) is 2.13. The minimum atomic E-state index is -0.549. The summed E-state index contributed by atoms with van der Waals surface area (Å²) in [4.78, 5) is 11.6. The second-order valence-electron chi connectivity index (χ2n) is 4.96. The number of carbonyl (C=O) groups is 1. The summed E-state index contributed by atoms with van der Waals surface area (Å²) in [6.45, 7) is 8.04. The van der Waals surface area contributed by atoms with Crippen LogP contribution in [0.1, 0.15) is 39.5 Å². The molecular formula is C13H23NO2. The van der Waals surface area contributed by atoms with E-state index < -0.39 is 6.04 Å². The Morgan fingerprint density at radius 3 is 2.75 bits per heavy atom. The second kappa shape index (κ2) is 6.04. The van der Waals surface area contributed by atoms with Crippen LogP contribution in [0.2, 0.25) is 0 Å². The minimum absolute atomic E-state index is 0.0644. The first-order chi connectivity index (χ1) is 7.54. The van der Waals surface area contributed by atoms with E-state index in [1.807, 2.05) is 0 Å². The standard InChI is InChI=1S/C13H23NO2/c1-4-5-12(14)13(15)16-11-7-6-9(2)10(3)8-11/h4,9-12H,1,5-8,14H2,2-3H3. The highest BCUT2D eigenvalue weighted by molar-refractivity contribution is 5.75. The molecule has 0 heterocycles. The summed E-state index contributed by atoms with van der Waals surface area (Å²) in [6, 6.07) is -0.549. The first-order valence-corrected chi connectivity index (χ1v) is 6.11. The van der Waals surface area contributed by atoms with Crippen LogP contribution in [0.4, 0.5) is 0 Å². The maximum atomic E-state index is 11.6. The number of carbonyl (C=O) groups excluding carboxylic acids is 1. The van der Waals surface area contributed by atoms with Gasteiger partial charge in [-0.05, 0) is 37.5 Å². The first-order valence-electron chi connectivity index (χ1n) is 6.11. The fourth-order valence-corrected chi connectivity index (χ4v) is 2.13. The van der Waals surface area contributed by atoms with Crippen molar-refractivity contribution >= 4 is 5.97 Å². The molecule has 1 fully saturated rings. The van der Waals surface area contributed by atoms with Crippen LogP contribution in [0.3, 0.4) is 0 Å². The lowest BCUT2D eigenvalue weighted by atomic mass is 9.80. The van der Waals surface area contributed by atoms with Crippen molar-refractivity contribution in [2.45, 2.75) is 51.7 Å². The van der Waals surface area contributed by atoms with Crippen LogP contribution in [0.15, 0.2) is 12.7 Å². The fraction of sp³-hybridized carbons (Fsp3) is 0.769. The predicted octanol–water partition coefficient (Wildman–Crippen LogP) is 2.26. The summed E-state index contributed by atoms with van der Waals surface area (Å²) < 4.78 is 5.41. The van der Waals surface area contributed by atoms with Crippen molar-refractivity contribution in [1.82, 2.24) is 0 Å². The number of ether oxygens (including phenoxy) is 1. The molecule has 16 heavy (non-hydrogen) atoms. The molecule has 0 bridgehead atoms. The quantitative estimate of drug-likeness (QED) is 0.590. The van der Waals surface area contributed by atoms with E-state index >= 15 is 0 Å². The maximum Gasteiger partial charge on any atom is 0.323 e. The van der Waals surface area contributed by atoms with Crippen LogP contribution in [0.25, 0.3) is 0 Å². The van der Waals surface area contributed by atoms with Crippen molar-refractivity contribution in [3.8, 4) is 0 Å². The summed E-state index contributed by atoms with van der Waals surface area (Å²) in [5.74, 6) is 1.07. The Morgan fingerprint density at radius 1 is 1.50 bits per heavy atom. The number of hydrogen-bond donors (Lipinski definition) is 1. The van der Waals surface area contributed by atoms with Gasteiger partial charge in [0.05, 0.1) is 0 Å². The Kier molecular flexibility index (Phi) is 5.00. The number of rotatable bonds is 4. The van der Waals surface area contributed by atoms with Gasteiger partial charge in [0.2, 0.25) is 0 Å². The highest BCUT2D eigenvalue weighted by atomic mass is 16.5. The van der Waals surface area contributed by atoms with Crippen molar-refractivity contribution in [3.05, 3.63) is 12.7 Å². The van der Waals surface area contributed by atoms with Gasteiger partial charge in [0.15, 0.2) is 0 Å². The van der Waals surface area contributed by atoms with Gasteiger partial charge in [-0.25, -0.2) is 0 Å². The molecule has 0 saturated heterocycles. The molecule has 0 aromatic carbocycles. The van der Waals surface area contributed by atoms with Crippen molar-refractivity contribution in [3.63, 3.8) is 0 Å². The molecule has 3 nitrogen and oxygen atoms in total. The monoisotopic (exact) mass is 225 g/mol. The normalized spacial score (nSPS) is 31.8. The molecule has 1 rings (SSSR count). The van der Waals surface area contributed by atoms with Gasteiger partial charge in [0.1, 0.15) is 12.1 Å². The Bertz CT molecular complexity index is 252. The molecule has 0 aromatic heterocycles. The van der Waals surface area contributed by atoms with Crippen LogP contribution in [-0.2, 0) is 9.53 Å². The SMILES string of the molecule is C=CCC(N)C(=O)OC1CCC(C)C(C)C1. The van der Waals surface area contributed by atoms with Gasteiger partial charge in [-0.15, -0.1) is 6.58 Å². The summed E-state index contributed by atoms with van der Waals surface area (Å²) in [5, 5.41) is 0. The van der Waals surface area contributed by atoms with Crippen molar-refractivity contribution in [2.75, 3.05) is 0 Å². The molecule has 4 unspecified atom stereocenters. The third-order valence-corrected chi connectivity index (χ3v) is 3.56. The Labute approximate surface area is 98.0 Å². The molecule has 1 aliphatic rings. The average molecular weight is 225 g/mol. The molecule has 0 amide bonds. The van der Waals surface area contributed by atoms with Gasteiger partial charge in [-0.2, -0.15) is 0 Å². The lowest BCUT2D eigenvalue weighted by Crippen LogP contribution is -2.37. The zero-order valence-electron chi connectivity index (χ0n) is 10.3. The molecule has 1 saturated carbocycles. The van der Waals surface area contributed by atoms with Crippen LogP contribution < -0.4 is 5.73 Å². The van der Waals surface area contributed by atoms with Gasteiger partial charge in [-0.1, -0.05) is 19.9 Å². The molecule has 0 aliphatic heterocycles. The number of hydrogen-bond acceptors (Lipinski definition) is 3. The largest absolute Gasteiger partial charge is 0.461 e. The smallest absolute Gasteiger partial charge is 0.323 e. The summed E-state index contributed by atoms with van der Waals surface area (Å²) >= 11 is 0. The average Bonchev–Trinajstić information content (AvgIpc) is 2.24. The third kappa shape index (κ3) is 3.63. The van der Waals surface area contributed by atoms with Crippen molar-refractivity contribution in [1.29, 1.82) is 0 Å². The zero-order chi connectivity index (χ0) is 12.1. The third-order valence-electron chi connectivity index (χ3n) is 3.56. The summed E-state index contributed by atoms with van der Waals surface area (Å²) in [7, 11) is 0. The summed E-state index contributed by atoms with van der Waals surface area (Å²) in [5.41, 5.74) is 5.66. The lowest BCUT2D eigenvalue weighted by Gasteiger charge is -2.32. The zero-order valence-corrected chi connectivity index (χ0v) is 10.3. The predicted molar refractivity (Wildman–Crippen MR) is 64.8 cm³/mol. The molecule has 0 spiro atoms. The highest BCUT2D eigenvalue weighted by Crippen LogP contribution is 2.31. The van der Waals surface area contributed by atoms with E-state index in [1.165, 1.54) is 0 Å². The van der Waals surface area contributed by atoms with E-state index in [0.29, 0.717) is 12.3 Å². The molecule has 3 heteroatoms. The molecule has 4 atom stereocenters. The van der Waals surface area contributed by atoms with Crippen LogP contribution in [-0.4, -0.2) is 18.1 Å². The van der Waals surface area contributed by atoms with Gasteiger partial charge in [-0.3, -0.25) is 4.79 Å². The van der Waals surface area contributed by atoms with E-state index in [9.17, 15) is 4.79 Å². The van der Waals surface area contributed by atoms with E-state index in [4.69, 9.17) is 10.5 Å². The van der Waals surface area contributed by atoms with Crippen LogP contribution in [0.5, 0.6) is 0 Å². The van der Waals surface area contributed by atoms with Gasteiger partial charge in [0, 0.05) is 0 Å². The Morgan fingerprint density at radius 2 is 2.19 bits per heavy atom. The number of nitrogens with two attached hydrogens (primary N) is 1. The lowest BCUT2D eigenvalue weighted by molar-refractivity contribution is -0.153. The van der Waals surface area contributed by atoms with Crippen molar-refractivity contribution < 1.29 is 9.53 Å². The van der Waals surface area contributed by atoms with E-state index in [1.54, 1.807) is 6.08 Å². The Hall–Kier alpha value is -0.830. The molecular weight excluding hydrogens is 202 g/mol. The van der Waals surface area contributed by atoms with Gasteiger partial charge >= 0.3 is 5.97 Å². The van der Waals surface area contributed by atoms with Crippen LogP contribution in [0, 0.1) is 11.8 Å². The molecule has 1 aliphatic carbocycles. The molecule has 2 N–H and O–H groups in total. The van der Waals surface area contributed by atoms with E-state index in [2.05, 4.69) is 20.4 Å². The highest BCUT2D eigenvalue weighted by Gasteiger charge is 2.28.